The number of nitriles is 1. The number of carbonyl (C=O) groups excluding carboxylic acids is 1. The SMILES string of the molecule is CCN(CC)C(=O)C(C)Nc1ccc(C#N)cc1F. The lowest BCUT2D eigenvalue weighted by Gasteiger charge is -2.24. The molecule has 4 nitrogen and oxygen atoms in total. The Balaban J connectivity index is 2.80. The van der Waals surface area contributed by atoms with E-state index in [1.165, 1.54) is 12.1 Å². The number of likely N-dealkylation sites (N-methyl/N-ethyl adjacent to an activating group) is 1. The first-order valence-electron chi connectivity index (χ1n) is 6.28. The molecule has 1 aromatic rings. The molecule has 0 bridgehead atoms. The summed E-state index contributed by atoms with van der Waals surface area (Å²) in [5.41, 5.74) is 0.484. The zero-order valence-corrected chi connectivity index (χ0v) is 11.4. The van der Waals surface area contributed by atoms with Crippen LogP contribution in [0.15, 0.2) is 18.2 Å². The number of hydrogen-bond donors (Lipinski definition) is 1. The number of halogens is 1. The molecule has 5 heteroatoms. The Morgan fingerprint density at radius 3 is 2.58 bits per heavy atom. The van der Waals surface area contributed by atoms with Crippen LogP contribution in [0.4, 0.5) is 10.1 Å². The molecule has 1 atom stereocenters. The van der Waals surface area contributed by atoms with Crippen LogP contribution in [0, 0.1) is 17.1 Å². The summed E-state index contributed by atoms with van der Waals surface area (Å²) in [6.45, 7) is 6.74. The van der Waals surface area contributed by atoms with E-state index in [0.29, 0.717) is 13.1 Å². The van der Waals surface area contributed by atoms with Crippen molar-refractivity contribution >= 4 is 11.6 Å². The van der Waals surface area contributed by atoms with Crippen LogP contribution >= 0.6 is 0 Å². The highest BCUT2D eigenvalue weighted by Gasteiger charge is 2.18. The van der Waals surface area contributed by atoms with Gasteiger partial charge in [0.25, 0.3) is 0 Å². The van der Waals surface area contributed by atoms with Gasteiger partial charge in [-0.3, -0.25) is 4.79 Å². The minimum absolute atomic E-state index is 0.0752. The fourth-order valence-corrected chi connectivity index (χ4v) is 1.81. The standard InChI is InChI=1S/C14H18FN3O/c1-4-18(5-2)14(19)10(3)17-13-7-6-11(9-16)8-12(13)15/h6-8,10,17H,4-5H2,1-3H3. The van der Waals surface area contributed by atoms with Gasteiger partial charge in [-0.05, 0) is 39.0 Å². The van der Waals surface area contributed by atoms with Crippen molar-refractivity contribution in [2.75, 3.05) is 18.4 Å². The van der Waals surface area contributed by atoms with Crippen molar-refractivity contribution in [1.82, 2.24) is 4.90 Å². The Kier molecular flexibility index (Phi) is 5.31. The van der Waals surface area contributed by atoms with Gasteiger partial charge in [-0.1, -0.05) is 0 Å². The smallest absolute Gasteiger partial charge is 0.244 e. The normalized spacial score (nSPS) is 11.5. The van der Waals surface area contributed by atoms with Crippen LogP contribution < -0.4 is 5.32 Å². The minimum atomic E-state index is -0.529. The van der Waals surface area contributed by atoms with Crippen LogP contribution in [0.5, 0.6) is 0 Å². The molecule has 0 saturated carbocycles. The van der Waals surface area contributed by atoms with Crippen molar-refractivity contribution in [2.24, 2.45) is 0 Å². The number of hydrogen-bond acceptors (Lipinski definition) is 3. The Bertz CT molecular complexity index is 492. The Labute approximate surface area is 112 Å². The lowest BCUT2D eigenvalue weighted by molar-refractivity contribution is -0.131. The van der Waals surface area contributed by atoms with E-state index in [-0.39, 0.29) is 17.2 Å². The Hall–Kier alpha value is -2.09. The fraction of sp³-hybridized carbons (Fsp3) is 0.429. The topological polar surface area (TPSA) is 56.1 Å². The van der Waals surface area contributed by atoms with E-state index in [0.717, 1.165) is 6.07 Å². The highest BCUT2D eigenvalue weighted by molar-refractivity contribution is 5.84. The van der Waals surface area contributed by atoms with E-state index < -0.39 is 11.9 Å². The number of amides is 1. The van der Waals surface area contributed by atoms with E-state index in [4.69, 9.17) is 5.26 Å². The highest BCUT2D eigenvalue weighted by atomic mass is 19.1. The number of benzene rings is 1. The number of carbonyl (C=O) groups is 1. The summed E-state index contributed by atoms with van der Waals surface area (Å²) in [6, 6.07) is 5.49. The maximum Gasteiger partial charge on any atom is 0.244 e. The summed E-state index contributed by atoms with van der Waals surface area (Å²) in [5, 5.41) is 11.5. The van der Waals surface area contributed by atoms with Crippen LogP contribution in [0.1, 0.15) is 26.3 Å². The molecule has 0 spiro atoms. The van der Waals surface area contributed by atoms with E-state index >= 15 is 0 Å². The molecule has 0 aromatic heterocycles. The number of nitrogens with zero attached hydrogens (tertiary/aromatic N) is 2. The molecule has 1 aromatic carbocycles. The monoisotopic (exact) mass is 263 g/mol. The molecular weight excluding hydrogens is 245 g/mol. The van der Waals surface area contributed by atoms with Gasteiger partial charge in [0.05, 0.1) is 17.3 Å². The number of anilines is 1. The molecule has 1 N–H and O–H groups in total. The zero-order valence-electron chi connectivity index (χ0n) is 11.4. The quantitative estimate of drug-likeness (QED) is 0.887. The minimum Gasteiger partial charge on any atom is -0.372 e. The fourth-order valence-electron chi connectivity index (χ4n) is 1.81. The highest BCUT2D eigenvalue weighted by Crippen LogP contribution is 2.16. The molecule has 0 aliphatic carbocycles. The first-order valence-corrected chi connectivity index (χ1v) is 6.28. The molecule has 1 rings (SSSR count). The van der Waals surface area contributed by atoms with Gasteiger partial charge in [0.15, 0.2) is 0 Å². The van der Waals surface area contributed by atoms with Gasteiger partial charge >= 0.3 is 0 Å². The van der Waals surface area contributed by atoms with Crippen LogP contribution in [0.25, 0.3) is 0 Å². The number of nitrogens with one attached hydrogen (secondary N) is 1. The predicted molar refractivity (Wildman–Crippen MR) is 72.1 cm³/mol. The molecule has 0 radical (unpaired) electrons. The summed E-state index contributed by atoms with van der Waals surface area (Å²) in [4.78, 5) is 13.7. The van der Waals surface area contributed by atoms with E-state index in [9.17, 15) is 9.18 Å². The van der Waals surface area contributed by atoms with Gasteiger partial charge in [-0.2, -0.15) is 5.26 Å². The molecule has 19 heavy (non-hydrogen) atoms. The summed E-state index contributed by atoms with van der Waals surface area (Å²) >= 11 is 0. The van der Waals surface area contributed by atoms with Crippen LogP contribution in [0.2, 0.25) is 0 Å². The summed E-state index contributed by atoms with van der Waals surface area (Å²) < 4.78 is 13.7. The molecule has 1 unspecified atom stereocenters. The van der Waals surface area contributed by atoms with Gasteiger partial charge in [-0.15, -0.1) is 0 Å². The average molecular weight is 263 g/mol. The van der Waals surface area contributed by atoms with E-state index in [1.807, 2.05) is 19.9 Å². The number of rotatable bonds is 5. The predicted octanol–water partition coefficient (Wildman–Crippen LogP) is 2.37. The molecule has 0 heterocycles. The Morgan fingerprint density at radius 1 is 1.47 bits per heavy atom. The largest absolute Gasteiger partial charge is 0.372 e. The van der Waals surface area contributed by atoms with Gasteiger partial charge in [0, 0.05) is 13.1 Å². The third kappa shape index (κ3) is 3.68. The van der Waals surface area contributed by atoms with Gasteiger partial charge in [0.2, 0.25) is 5.91 Å². The lowest BCUT2D eigenvalue weighted by Crippen LogP contribution is -2.41. The second kappa shape index (κ2) is 6.74. The van der Waals surface area contributed by atoms with Crippen molar-refractivity contribution in [3.05, 3.63) is 29.6 Å². The van der Waals surface area contributed by atoms with Crippen LogP contribution in [-0.4, -0.2) is 29.9 Å². The van der Waals surface area contributed by atoms with Crippen molar-refractivity contribution < 1.29 is 9.18 Å². The molecule has 0 aliphatic heterocycles. The molecule has 1 amide bonds. The van der Waals surface area contributed by atoms with Crippen molar-refractivity contribution in [3.63, 3.8) is 0 Å². The zero-order chi connectivity index (χ0) is 14.4. The lowest BCUT2D eigenvalue weighted by atomic mass is 10.2. The van der Waals surface area contributed by atoms with E-state index in [1.54, 1.807) is 11.8 Å². The third-order valence-corrected chi connectivity index (χ3v) is 2.92. The van der Waals surface area contributed by atoms with Crippen molar-refractivity contribution in [2.45, 2.75) is 26.8 Å². The molecular formula is C14H18FN3O. The average Bonchev–Trinajstić information content (AvgIpc) is 2.42. The molecule has 0 fully saturated rings. The maximum absolute atomic E-state index is 13.7. The van der Waals surface area contributed by atoms with Gasteiger partial charge < -0.3 is 10.2 Å². The van der Waals surface area contributed by atoms with Crippen LogP contribution in [0.3, 0.4) is 0 Å². The second-order valence-corrected chi connectivity index (χ2v) is 4.18. The molecule has 0 aliphatic rings. The van der Waals surface area contributed by atoms with Crippen molar-refractivity contribution in [3.8, 4) is 6.07 Å². The maximum atomic E-state index is 13.7. The first-order chi connectivity index (χ1) is 9.03. The van der Waals surface area contributed by atoms with Crippen molar-refractivity contribution in [1.29, 1.82) is 5.26 Å². The van der Waals surface area contributed by atoms with Gasteiger partial charge in [-0.25, -0.2) is 4.39 Å². The summed E-state index contributed by atoms with van der Waals surface area (Å²) in [5.74, 6) is -0.605. The molecule has 102 valence electrons. The summed E-state index contributed by atoms with van der Waals surface area (Å²) in [7, 11) is 0. The first kappa shape index (κ1) is 15.0. The van der Waals surface area contributed by atoms with Gasteiger partial charge in [0.1, 0.15) is 11.9 Å². The Morgan fingerprint density at radius 2 is 2.11 bits per heavy atom. The van der Waals surface area contributed by atoms with E-state index in [2.05, 4.69) is 5.32 Å². The molecule has 0 saturated heterocycles. The van der Waals surface area contributed by atoms with Crippen LogP contribution in [-0.2, 0) is 4.79 Å². The second-order valence-electron chi connectivity index (χ2n) is 4.18. The third-order valence-electron chi connectivity index (χ3n) is 2.92. The summed E-state index contributed by atoms with van der Waals surface area (Å²) in [6.07, 6.45) is 0.